The monoisotopic (exact) mass is 478 g/mol. The number of carbonyl (C=O) groups excluding carboxylic acids is 3. The summed E-state index contributed by atoms with van der Waals surface area (Å²) < 4.78 is 5.15. The van der Waals surface area contributed by atoms with Crippen molar-refractivity contribution in [2.45, 2.75) is 19.4 Å². The zero-order valence-electron chi connectivity index (χ0n) is 18.1. The number of carbonyl (C=O) groups is 3. The molecule has 10 heteroatoms. The number of aliphatic hydroxyl groups is 2. The van der Waals surface area contributed by atoms with Crippen LogP contribution in [0, 0.1) is 0 Å². The lowest BCUT2D eigenvalue weighted by Crippen LogP contribution is -2.47. The molecule has 1 aliphatic heterocycles. The molecule has 1 atom stereocenters. The molecule has 0 saturated heterocycles. The molecule has 2 aromatic rings. The molecular weight excluding hydrogens is 452 g/mol. The van der Waals surface area contributed by atoms with E-state index < -0.39 is 23.8 Å². The van der Waals surface area contributed by atoms with E-state index in [1.54, 1.807) is 36.1 Å². The van der Waals surface area contributed by atoms with E-state index in [9.17, 15) is 29.7 Å². The Morgan fingerprint density at radius 2 is 1.61 bits per heavy atom. The molecule has 0 bridgehead atoms. The number of fused-ring (bicyclic) bond motifs is 1. The number of phenols is 1. The van der Waals surface area contributed by atoms with E-state index >= 15 is 0 Å². The minimum Gasteiger partial charge on any atom is -0.506 e. The number of rotatable bonds is 10. The van der Waals surface area contributed by atoms with Crippen LogP contribution in [0.5, 0.6) is 5.75 Å². The molecule has 1 heterocycles. The minimum atomic E-state index is -1.19. The van der Waals surface area contributed by atoms with E-state index in [0.717, 1.165) is 4.90 Å². The van der Waals surface area contributed by atoms with Crippen molar-refractivity contribution in [3.63, 3.8) is 0 Å². The summed E-state index contributed by atoms with van der Waals surface area (Å²) in [6.45, 7) is 1.70. The summed E-state index contributed by atoms with van der Waals surface area (Å²) in [7, 11) is 0. The molecule has 0 saturated carbocycles. The number of anilines is 1. The molecule has 2 aromatic carbocycles. The molecule has 0 aromatic heterocycles. The lowest BCUT2D eigenvalue weighted by atomic mass is 10.0. The van der Waals surface area contributed by atoms with E-state index in [2.05, 4.69) is 0 Å². The average Bonchev–Trinajstić information content (AvgIpc) is 3.03. The summed E-state index contributed by atoms with van der Waals surface area (Å²) in [6, 6.07) is 9.80. The quantitative estimate of drug-likeness (QED) is 0.345. The van der Waals surface area contributed by atoms with Crippen LogP contribution in [-0.4, -0.2) is 77.0 Å². The van der Waals surface area contributed by atoms with Crippen molar-refractivity contribution in [3.8, 4) is 5.75 Å². The van der Waals surface area contributed by atoms with Gasteiger partial charge in [-0.15, -0.1) is 12.4 Å². The van der Waals surface area contributed by atoms with E-state index in [4.69, 9.17) is 4.74 Å². The number of aliphatic hydroxyl groups excluding tert-OH is 2. The first-order valence-electron chi connectivity index (χ1n) is 10.3. The van der Waals surface area contributed by atoms with E-state index in [1.807, 2.05) is 0 Å². The van der Waals surface area contributed by atoms with E-state index in [1.165, 1.54) is 18.2 Å². The number of nitrogens with zero attached hydrogens (tertiary/aromatic N) is 2. The second-order valence-corrected chi connectivity index (χ2v) is 7.26. The lowest BCUT2D eigenvalue weighted by Gasteiger charge is -2.27. The van der Waals surface area contributed by atoms with Crippen LogP contribution in [0.3, 0.4) is 0 Å². The first kappa shape index (κ1) is 26.1. The number of ether oxygens (including phenoxy) is 1. The average molecular weight is 479 g/mol. The van der Waals surface area contributed by atoms with Gasteiger partial charge in [0.2, 0.25) is 0 Å². The highest BCUT2D eigenvalue weighted by molar-refractivity contribution is 6.22. The second-order valence-electron chi connectivity index (χ2n) is 7.26. The van der Waals surface area contributed by atoms with Crippen molar-refractivity contribution in [2.24, 2.45) is 0 Å². The molecule has 1 unspecified atom stereocenters. The number of phenolic OH excluding ortho intramolecular Hbond substituents is 1. The molecule has 2 amide bonds. The van der Waals surface area contributed by atoms with Gasteiger partial charge in [0.1, 0.15) is 11.8 Å². The normalized spacial score (nSPS) is 13.4. The van der Waals surface area contributed by atoms with Crippen LogP contribution < -0.4 is 4.90 Å². The van der Waals surface area contributed by atoms with Gasteiger partial charge in [0.15, 0.2) is 0 Å². The lowest BCUT2D eigenvalue weighted by molar-refractivity contribution is -0.147. The predicted molar refractivity (Wildman–Crippen MR) is 123 cm³/mol. The number of halogens is 1. The molecule has 3 N–H and O–H groups in total. The zero-order chi connectivity index (χ0) is 23.3. The van der Waals surface area contributed by atoms with Gasteiger partial charge < -0.3 is 25.0 Å². The van der Waals surface area contributed by atoms with Gasteiger partial charge in [0.25, 0.3) is 11.8 Å². The molecular formula is C23H27ClN2O7. The summed E-state index contributed by atoms with van der Waals surface area (Å²) in [5, 5.41) is 28.9. The summed E-state index contributed by atoms with van der Waals surface area (Å²) in [5.41, 5.74) is 1.38. The Kier molecular flexibility index (Phi) is 9.22. The van der Waals surface area contributed by atoms with Gasteiger partial charge in [-0.3, -0.25) is 14.5 Å². The van der Waals surface area contributed by atoms with Gasteiger partial charge in [0.05, 0.1) is 36.6 Å². The van der Waals surface area contributed by atoms with Crippen LogP contribution in [0.25, 0.3) is 0 Å². The van der Waals surface area contributed by atoms with Crippen LogP contribution in [0.2, 0.25) is 0 Å². The topological polar surface area (TPSA) is 128 Å². The Labute approximate surface area is 197 Å². The van der Waals surface area contributed by atoms with E-state index in [-0.39, 0.29) is 68.6 Å². The van der Waals surface area contributed by atoms with Crippen molar-refractivity contribution in [1.82, 2.24) is 4.90 Å². The maximum absolute atomic E-state index is 12.9. The van der Waals surface area contributed by atoms with Crippen LogP contribution in [0.4, 0.5) is 5.69 Å². The first-order valence-corrected chi connectivity index (χ1v) is 10.3. The SMILES string of the molecule is CCOC(=O)C(Cc1ccc(O)c(N(CCO)CCO)c1)N1C(=O)c2ccccc2C1=O.Cl. The largest absolute Gasteiger partial charge is 0.506 e. The zero-order valence-corrected chi connectivity index (χ0v) is 19.0. The Hall–Kier alpha value is -3.14. The summed E-state index contributed by atoms with van der Waals surface area (Å²) in [6.07, 6.45) is -0.0241. The molecule has 33 heavy (non-hydrogen) atoms. The van der Waals surface area contributed by atoms with Gasteiger partial charge in [-0.25, -0.2) is 4.79 Å². The highest BCUT2D eigenvalue weighted by atomic mass is 35.5. The molecule has 0 radical (unpaired) electrons. The summed E-state index contributed by atoms with van der Waals surface area (Å²) >= 11 is 0. The number of imide groups is 1. The van der Waals surface area contributed by atoms with Crippen molar-refractivity contribution >= 4 is 35.9 Å². The predicted octanol–water partition coefficient (Wildman–Crippen LogP) is 1.38. The van der Waals surface area contributed by atoms with Crippen LogP contribution in [0.1, 0.15) is 33.2 Å². The Bertz CT molecular complexity index is 973. The van der Waals surface area contributed by atoms with Crippen LogP contribution in [0.15, 0.2) is 42.5 Å². The maximum atomic E-state index is 12.9. The Balaban J connectivity index is 0.00000385. The smallest absolute Gasteiger partial charge is 0.329 e. The second kappa shape index (κ2) is 11.6. The van der Waals surface area contributed by atoms with Crippen LogP contribution >= 0.6 is 12.4 Å². The molecule has 0 spiro atoms. The van der Waals surface area contributed by atoms with Gasteiger partial charge in [0, 0.05) is 19.5 Å². The molecule has 9 nitrogen and oxygen atoms in total. The fourth-order valence-electron chi connectivity index (χ4n) is 3.78. The maximum Gasteiger partial charge on any atom is 0.329 e. The summed E-state index contributed by atoms with van der Waals surface area (Å²) in [5.74, 6) is -1.90. The fourth-order valence-corrected chi connectivity index (χ4v) is 3.78. The van der Waals surface area contributed by atoms with Gasteiger partial charge in [-0.2, -0.15) is 0 Å². The third-order valence-corrected chi connectivity index (χ3v) is 5.25. The van der Waals surface area contributed by atoms with Crippen molar-refractivity contribution < 1.29 is 34.4 Å². The summed E-state index contributed by atoms with van der Waals surface area (Å²) in [4.78, 5) is 41.2. The number of aromatic hydroxyl groups is 1. The molecule has 0 aliphatic carbocycles. The van der Waals surface area contributed by atoms with Gasteiger partial charge in [-0.05, 0) is 36.8 Å². The third-order valence-electron chi connectivity index (χ3n) is 5.25. The van der Waals surface area contributed by atoms with Crippen molar-refractivity contribution in [2.75, 3.05) is 37.8 Å². The fraction of sp³-hybridized carbons (Fsp3) is 0.348. The standard InChI is InChI=1S/C23H26N2O7.ClH/c1-2-32-23(31)19(25-21(29)16-5-3-4-6-17(16)22(25)30)14-15-7-8-20(28)18(13-15)24(9-11-26)10-12-27;/h3-8,13,19,26-28H,2,9-12,14H2,1H3;1H. The number of hydrogen-bond acceptors (Lipinski definition) is 8. The number of benzene rings is 2. The first-order chi connectivity index (χ1) is 15.4. The van der Waals surface area contributed by atoms with E-state index in [0.29, 0.717) is 11.3 Å². The molecule has 0 fully saturated rings. The number of esters is 1. The van der Waals surface area contributed by atoms with Crippen molar-refractivity contribution in [1.29, 1.82) is 0 Å². The molecule has 1 aliphatic rings. The van der Waals surface area contributed by atoms with Crippen molar-refractivity contribution in [3.05, 3.63) is 59.2 Å². The highest BCUT2D eigenvalue weighted by Crippen LogP contribution is 2.31. The molecule has 178 valence electrons. The van der Waals surface area contributed by atoms with Gasteiger partial charge >= 0.3 is 5.97 Å². The number of hydrogen-bond donors (Lipinski definition) is 3. The number of amides is 2. The van der Waals surface area contributed by atoms with Crippen LogP contribution in [-0.2, 0) is 16.0 Å². The van der Waals surface area contributed by atoms with Gasteiger partial charge in [-0.1, -0.05) is 18.2 Å². The minimum absolute atomic E-state index is 0. The Morgan fingerprint density at radius 1 is 1.03 bits per heavy atom. The Morgan fingerprint density at radius 3 is 2.12 bits per heavy atom. The third kappa shape index (κ3) is 5.44. The highest BCUT2D eigenvalue weighted by Gasteiger charge is 2.43. The molecule has 3 rings (SSSR count).